The van der Waals surface area contributed by atoms with E-state index < -0.39 is 0 Å². The molecule has 0 aliphatic carbocycles. The van der Waals surface area contributed by atoms with Crippen LogP contribution in [0, 0.1) is 6.92 Å². The van der Waals surface area contributed by atoms with Crippen LogP contribution in [-0.4, -0.2) is 28.7 Å². The Morgan fingerprint density at radius 2 is 2.06 bits per heavy atom. The highest BCUT2D eigenvalue weighted by Gasteiger charge is 2.09. The summed E-state index contributed by atoms with van der Waals surface area (Å²) in [5.41, 5.74) is 1.16. The normalized spacial score (nSPS) is 10.7. The Balaban J connectivity index is 2.42. The lowest BCUT2D eigenvalue weighted by Crippen LogP contribution is -2.37. The SMILES string of the molecule is CCCNC(=O)NCCc1ncc(C)n1C(C)C. The van der Waals surface area contributed by atoms with E-state index in [0.717, 1.165) is 24.4 Å². The van der Waals surface area contributed by atoms with Crippen LogP contribution in [0.15, 0.2) is 6.20 Å². The standard InChI is InChI=1S/C13H24N4O/c1-5-7-14-13(18)15-8-6-12-16-9-11(4)17(12)10(2)3/h9-10H,5-8H2,1-4H3,(H2,14,15,18). The Bertz CT molecular complexity index is 384. The predicted molar refractivity (Wildman–Crippen MR) is 72.7 cm³/mol. The number of urea groups is 1. The average Bonchev–Trinajstić information content (AvgIpc) is 2.68. The molecule has 1 rings (SSSR count). The van der Waals surface area contributed by atoms with E-state index in [1.165, 1.54) is 0 Å². The van der Waals surface area contributed by atoms with Gasteiger partial charge in [-0.25, -0.2) is 9.78 Å². The number of nitrogens with one attached hydrogen (secondary N) is 2. The first-order valence-electron chi connectivity index (χ1n) is 6.60. The Morgan fingerprint density at radius 1 is 1.39 bits per heavy atom. The molecule has 18 heavy (non-hydrogen) atoms. The number of amides is 2. The Kier molecular flexibility index (Phi) is 5.68. The van der Waals surface area contributed by atoms with Gasteiger partial charge >= 0.3 is 6.03 Å². The molecule has 5 heteroatoms. The fourth-order valence-electron chi connectivity index (χ4n) is 1.98. The minimum Gasteiger partial charge on any atom is -0.338 e. The van der Waals surface area contributed by atoms with Crippen molar-refractivity contribution in [1.29, 1.82) is 0 Å². The van der Waals surface area contributed by atoms with Crippen LogP contribution in [0.5, 0.6) is 0 Å². The third-order valence-electron chi connectivity index (χ3n) is 2.74. The van der Waals surface area contributed by atoms with Crippen molar-refractivity contribution in [1.82, 2.24) is 20.2 Å². The lowest BCUT2D eigenvalue weighted by Gasteiger charge is -2.14. The molecule has 0 aromatic carbocycles. The molecule has 0 atom stereocenters. The summed E-state index contributed by atoms with van der Waals surface area (Å²) in [6, 6.07) is 0.299. The largest absolute Gasteiger partial charge is 0.338 e. The summed E-state index contributed by atoms with van der Waals surface area (Å²) < 4.78 is 2.20. The van der Waals surface area contributed by atoms with Gasteiger partial charge in [0.15, 0.2) is 0 Å². The summed E-state index contributed by atoms with van der Waals surface area (Å²) in [4.78, 5) is 15.8. The first-order chi connectivity index (χ1) is 8.56. The summed E-state index contributed by atoms with van der Waals surface area (Å²) in [5, 5.41) is 5.62. The van der Waals surface area contributed by atoms with Crippen LogP contribution in [-0.2, 0) is 6.42 Å². The van der Waals surface area contributed by atoms with Crippen LogP contribution in [0.2, 0.25) is 0 Å². The highest BCUT2D eigenvalue weighted by molar-refractivity contribution is 5.73. The molecule has 0 spiro atoms. The Labute approximate surface area is 109 Å². The van der Waals surface area contributed by atoms with Gasteiger partial charge in [-0.3, -0.25) is 0 Å². The second-order valence-electron chi connectivity index (χ2n) is 4.71. The summed E-state index contributed by atoms with van der Waals surface area (Å²) in [5.74, 6) is 1.03. The third-order valence-corrected chi connectivity index (χ3v) is 2.74. The molecule has 1 heterocycles. The number of hydrogen-bond acceptors (Lipinski definition) is 2. The Morgan fingerprint density at radius 3 is 2.67 bits per heavy atom. The van der Waals surface area contributed by atoms with Gasteiger partial charge in [0, 0.05) is 37.4 Å². The van der Waals surface area contributed by atoms with Gasteiger partial charge in [-0.2, -0.15) is 0 Å². The number of carbonyl (C=O) groups is 1. The van der Waals surface area contributed by atoms with Crippen LogP contribution in [0.4, 0.5) is 4.79 Å². The van der Waals surface area contributed by atoms with Crippen molar-refractivity contribution in [2.75, 3.05) is 13.1 Å². The second-order valence-corrected chi connectivity index (χ2v) is 4.71. The molecular formula is C13H24N4O. The molecule has 0 saturated carbocycles. The van der Waals surface area contributed by atoms with Crippen molar-refractivity contribution in [3.63, 3.8) is 0 Å². The van der Waals surface area contributed by atoms with Gasteiger partial charge in [-0.05, 0) is 27.2 Å². The van der Waals surface area contributed by atoms with E-state index in [-0.39, 0.29) is 6.03 Å². The fourth-order valence-corrected chi connectivity index (χ4v) is 1.98. The maximum atomic E-state index is 11.4. The lowest BCUT2D eigenvalue weighted by molar-refractivity contribution is 0.241. The van der Waals surface area contributed by atoms with Gasteiger partial charge < -0.3 is 15.2 Å². The minimum atomic E-state index is -0.101. The number of hydrogen-bond donors (Lipinski definition) is 2. The van der Waals surface area contributed by atoms with Crippen molar-refractivity contribution in [2.24, 2.45) is 0 Å². The molecule has 0 radical (unpaired) electrons. The number of carbonyl (C=O) groups excluding carboxylic acids is 1. The van der Waals surface area contributed by atoms with Gasteiger partial charge in [0.1, 0.15) is 5.82 Å². The monoisotopic (exact) mass is 252 g/mol. The first kappa shape index (κ1) is 14.5. The second kappa shape index (κ2) is 7.03. The van der Waals surface area contributed by atoms with Crippen LogP contribution in [0.1, 0.15) is 44.8 Å². The van der Waals surface area contributed by atoms with E-state index in [1.807, 2.05) is 13.1 Å². The Hall–Kier alpha value is -1.52. The van der Waals surface area contributed by atoms with E-state index >= 15 is 0 Å². The number of nitrogens with zero attached hydrogens (tertiary/aromatic N) is 2. The molecule has 1 aromatic rings. The van der Waals surface area contributed by atoms with E-state index in [0.29, 0.717) is 19.1 Å². The molecule has 0 aliphatic heterocycles. The lowest BCUT2D eigenvalue weighted by atomic mass is 10.3. The van der Waals surface area contributed by atoms with E-state index in [9.17, 15) is 4.79 Å². The number of aryl methyl sites for hydroxylation is 1. The maximum absolute atomic E-state index is 11.4. The zero-order valence-electron chi connectivity index (χ0n) is 11.8. The average molecular weight is 252 g/mol. The summed E-state index contributed by atoms with van der Waals surface area (Å²) in [7, 11) is 0. The predicted octanol–water partition coefficient (Wildman–Crippen LogP) is 2.02. The van der Waals surface area contributed by atoms with Crippen molar-refractivity contribution in [2.45, 2.75) is 46.6 Å². The van der Waals surface area contributed by atoms with Gasteiger partial charge in [-0.1, -0.05) is 6.92 Å². The highest BCUT2D eigenvalue weighted by Crippen LogP contribution is 2.12. The number of rotatable bonds is 6. The van der Waals surface area contributed by atoms with Gasteiger partial charge in [-0.15, -0.1) is 0 Å². The smallest absolute Gasteiger partial charge is 0.314 e. The topological polar surface area (TPSA) is 59.0 Å². The molecule has 0 unspecified atom stereocenters. The molecular weight excluding hydrogens is 228 g/mol. The van der Waals surface area contributed by atoms with Crippen LogP contribution < -0.4 is 10.6 Å². The van der Waals surface area contributed by atoms with E-state index in [1.54, 1.807) is 0 Å². The first-order valence-corrected chi connectivity index (χ1v) is 6.60. The van der Waals surface area contributed by atoms with Gasteiger partial charge in [0.2, 0.25) is 0 Å². The number of imidazole rings is 1. The zero-order valence-corrected chi connectivity index (χ0v) is 11.8. The fraction of sp³-hybridized carbons (Fsp3) is 0.692. The zero-order chi connectivity index (χ0) is 13.5. The molecule has 0 saturated heterocycles. The molecule has 2 amide bonds. The van der Waals surface area contributed by atoms with E-state index in [4.69, 9.17) is 0 Å². The van der Waals surface area contributed by atoms with Crippen LogP contribution in [0.25, 0.3) is 0 Å². The molecule has 2 N–H and O–H groups in total. The van der Waals surface area contributed by atoms with Crippen molar-refractivity contribution < 1.29 is 4.79 Å². The van der Waals surface area contributed by atoms with Crippen molar-refractivity contribution in [3.8, 4) is 0 Å². The van der Waals surface area contributed by atoms with Crippen LogP contribution in [0.3, 0.4) is 0 Å². The molecule has 0 aliphatic rings. The molecule has 1 aromatic heterocycles. The summed E-state index contributed by atoms with van der Waals surface area (Å²) >= 11 is 0. The highest BCUT2D eigenvalue weighted by atomic mass is 16.2. The van der Waals surface area contributed by atoms with Gasteiger partial charge in [0.25, 0.3) is 0 Å². The summed E-state index contributed by atoms with van der Waals surface area (Å²) in [6.45, 7) is 9.68. The summed E-state index contributed by atoms with van der Waals surface area (Å²) in [6.07, 6.45) is 3.59. The van der Waals surface area contributed by atoms with Crippen molar-refractivity contribution >= 4 is 6.03 Å². The quantitative estimate of drug-likeness (QED) is 0.813. The molecule has 102 valence electrons. The maximum Gasteiger partial charge on any atom is 0.314 e. The third kappa shape index (κ3) is 4.05. The van der Waals surface area contributed by atoms with Crippen molar-refractivity contribution in [3.05, 3.63) is 17.7 Å². The van der Waals surface area contributed by atoms with Crippen LogP contribution >= 0.6 is 0 Å². The molecule has 0 fully saturated rings. The molecule has 0 bridgehead atoms. The minimum absolute atomic E-state index is 0.101. The van der Waals surface area contributed by atoms with E-state index in [2.05, 4.69) is 41.0 Å². The number of aromatic nitrogens is 2. The molecule has 5 nitrogen and oxygen atoms in total. The van der Waals surface area contributed by atoms with Gasteiger partial charge in [0.05, 0.1) is 0 Å².